The lowest BCUT2D eigenvalue weighted by molar-refractivity contribution is 0.0713. The number of rotatable bonds is 12. The number of benzene rings is 6. The van der Waals surface area contributed by atoms with Crippen molar-refractivity contribution in [2.75, 3.05) is 10.6 Å². The van der Waals surface area contributed by atoms with Gasteiger partial charge in [-0.05, 0) is 109 Å². The molecule has 1 aromatic heterocycles. The van der Waals surface area contributed by atoms with Crippen LogP contribution in [0.15, 0.2) is 170 Å². The summed E-state index contributed by atoms with van der Waals surface area (Å²) in [6, 6.07) is 42.9. The summed E-state index contributed by atoms with van der Waals surface area (Å²) in [6.07, 6.45) is 0. The predicted octanol–water partition coefficient (Wildman–Crippen LogP) is 7.86. The molecule has 7 aromatic rings. The van der Waals surface area contributed by atoms with Crippen molar-refractivity contribution in [3.05, 3.63) is 203 Å². The van der Waals surface area contributed by atoms with Gasteiger partial charge in [0.05, 0.1) is 22.3 Å². The molecular formula is C46H30N4O10. The van der Waals surface area contributed by atoms with E-state index < -0.39 is 41.7 Å². The van der Waals surface area contributed by atoms with Crippen molar-refractivity contribution in [2.24, 2.45) is 0 Å². The van der Waals surface area contributed by atoms with E-state index in [-0.39, 0.29) is 45.6 Å². The van der Waals surface area contributed by atoms with Gasteiger partial charge < -0.3 is 29.6 Å². The fourth-order valence-corrected chi connectivity index (χ4v) is 5.35. The first-order chi connectivity index (χ1) is 29.2. The molecule has 1 heterocycles. The molecule has 0 atom stereocenters. The molecule has 294 valence electrons. The van der Waals surface area contributed by atoms with Crippen LogP contribution in [0.25, 0.3) is 0 Å². The van der Waals surface area contributed by atoms with Crippen LogP contribution in [0.2, 0.25) is 0 Å². The molecule has 6 aromatic carbocycles. The third-order valence-corrected chi connectivity index (χ3v) is 8.36. The van der Waals surface area contributed by atoms with E-state index in [4.69, 9.17) is 18.9 Å². The zero-order valence-corrected chi connectivity index (χ0v) is 31.1. The molecule has 0 aliphatic carbocycles. The van der Waals surface area contributed by atoms with Crippen molar-refractivity contribution < 1.29 is 47.7 Å². The minimum Gasteiger partial charge on any atom is -0.423 e. The van der Waals surface area contributed by atoms with Gasteiger partial charge in [-0.1, -0.05) is 54.6 Å². The fourth-order valence-electron chi connectivity index (χ4n) is 5.35. The summed E-state index contributed by atoms with van der Waals surface area (Å²) < 4.78 is 21.6. The first-order valence-corrected chi connectivity index (χ1v) is 18.0. The highest BCUT2D eigenvalue weighted by Crippen LogP contribution is 2.22. The molecule has 60 heavy (non-hydrogen) atoms. The number of nitrogens with one attached hydrogen (secondary N) is 2. The normalized spacial score (nSPS) is 10.4. The van der Waals surface area contributed by atoms with Crippen LogP contribution in [0.5, 0.6) is 23.3 Å². The van der Waals surface area contributed by atoms with Crippen molar-refractivity contribution in [3.8, 4) is 23.3 Å². The Morgan fingerprint density at radius 2 is 0.617 bits per heavy atom. The van der Waals surface area contributed by atoms with Gasteiger partial charge in [-0.2, -0.15) is 9.97 Å². The Hall–Kier alpha value is -8.78. The van der Waals surface area contributed by atoms with Gasteiger partial charge in [0, 0.05) is 17.2 Å². The molecule has 0 spiro atoms. The van der Waals surface area contributed by atoms with Gasteiger partial charge in [-0.15, -0.1) is 0 Å². The lowest BCUT2D eigenvalue weighted by atomic mass is 10.2. The van der Waals surface area contributed by atoms with Crippen molar-refractivity contribution in [1.82, 2.24) is 9.97 Å². The monoisotopic (exact) mass is 798 g/mol. The first kappa shape index (κ1) is 39.5. The molecule has 0 bridgehead atoms. The first-order valence-electron chi connectivity index (χ1n) is 18.0. The summed E-state index contributed by atoms with van der Waals surface area (Å²) in [5, 5.41) is 5.18. The van der Waals surface area contributed by atoms with Gasteiger partial charge in [0.15, 0.2) is 0 Å². The molecule has 14 nitrogen and oxygen atoms in total. The number of nitrogens with zero attached hydrogens (tertiary/aromatic N) is 2. The zero-order chi connectivity index (χ0) is 41.8. The van der Waals surface area contributed by atoms with Crippen LogP contribution in [-0.2, 0) is 0 Å². The summed E-state index contributed by atoms with van der Waals surface area (Å²) in [7, 11) is 0. The van der Waals surface area contributed by atoms with Crippen molar-refractivity contribution >= 4 is 47.3 Å². The zero-order valence-electron chi connectivity index (χ0n) is 31.1. The van der Waals surface area contributed by atoms with Crippen LogP contribution < -0.4 is 29.6 Å². The SMILES string of the molecule is O=C(Nc1cc(NC(=O)c2ccc(OC(=O)c3ccccc3)cc2)nc(OC(=O)c2ccc(OC(=O)c3ccccc3)cc2)n1)c1ccc(OC(=O)c2ccccc2)cc1. The van der Waals surface area contributed by atoms with Crippen LogP contribution >= 0.6 is 0 Å². The molecule has 0 saturated heterocycles. The third kappa shape index (κ3) is 10.3. The molecule has 0 aliphatic heterocycles. The van der Waals surface area contributed by atoms with E-state index in [1.807, 2.05) is 0 Å². The van der Waals surface area contributed by atoms with Gasteiger partial charge >= 0.3 is 29.9 Å². The average Bonchev–Trinajstić information content (AvgIpc) is 3.28. The van der Waals surface area contributed by atoms with Crippen LogP contribution in [-0.4, -0.2) is 45.7 Å². The topological polar surface area (TPSA) is 189 Å². The minimum absolute atomic E-state index is 0.0410. The molecule has 0 unspecified atom stereocenters. The quantitative estimate of drug-likeness (QED) is 0.0901. The highest BCUT2D eigenvalue weighted by molar-refractivity contribution is 6.06. The van der Waals surface area contributed by atoms with Crippen molar-refractivity contribution in [2.45, 2.75) is 0 Å². The van der Waals surface area contributed by atoms with E-state index in [2.05, 4.69) is 20.6 Å². The molecule has 0 aliphatic rings. The van der Waals surface area contributed by atoms with Gasteiger partial charge in [0.2, 0.25) is 0 Å². The second-order valence-corrected chi connectivity index (χ2v) is 12.6. The van der Waals surface area contributed by atoms with E-state index in [1.165, 1.54) is 78.9 Å². The maximum Gasteiger partial charge on any atom is 0.345 e. The number of amides is 2. The summed E-state index contributed by atoms with van der Waals surface area (Å²) in [5.41, 5.74) is 1.39. The number of carbonyl (C=O) groups excluding carboxylic acids is 6. The molecule has 14 heteroatoms. The van der Waals surface area contributed by atoms with Crippen LogP contribution in [0, 0.1) is 0 Å². The second kappa shape index (κ2) is 18.4. The number of anilines is 2. The van der Waals surface area contributed by atoms with Crippen molar-refractivity contribution in [1.29, 1.82) is 0 Å². The standard InChI is InChI=1S/C46H30N4O10/c51-40(29-16-22-35(23-17-29)57-42(53)31-10-4-1-5-11-31)47-38-28-39(48-41(52)30-18-24-36(25-19-30)58-43(54)32-12-6-2-7-13-32)50-46(49-38)60-45(56)34-20-26-37(27-21-34)59-44(55)33-14-8-3-9-15-33/h1-28H,(H2,47,48,49,50,51,52). The minimum atomic E-state index is -0.905. The molecule has 7 rings (SSSR count). The summed E-state index contributed by atoms with van der Waals surface area (Å²) in [6.45, 7) is 0. The second-order valence-electron chi connectivity index (χ2n) is 12.6. The van der Waals surface area contributed by atoms with Crippen LogP contribution in [0.4, 0.5) is 11.6 Å². The van der Waals surface area contributed by atoms with Gasteiger partial charge in [-0.25, -0.2) is 19.2 Å². The number of aromatic nitrogens is 2. The van der Waals surface area contributed by atoms with Gasteiger partial charge in [0.1, 0.15) is 28.9 Å². The van der Waals surface area contributed by atoms with Crippen LogP contribution in [0.3, 0.4) is 0 Å². The predicted molar refractivity (Wildman–Crippen MR) is 216 cm³/mol. The molecule has 0 saturated carbocycles. The van der Waals surface area contributed by atoms with E-state index in [9.17, 15) is 28.8 Å². The largest absolute Gasteiger partial charge is 0.423 e. The lowest BCUT2D eigenvalue weighted by Gasteiger charge is -2.11. The molecule has 2 amide bonds. The Balaban J connectivity index is 1.06. The Bertz CT molecular complexity index is 2370. The third-order valence-electron chi connectivity index (χ3n) is 8.36. The number of esters is 4. The number of ether oxygens (including phenoxy) is 4. The molecular weight excluding hydrogens is 769 g/mol. The molecule has 2 N–H and O–H groups in total. The molecule has 0 fully saturated rings. The summed E-state index contributed by atoms with van der Waals surface area (Å²) in [4.78, 5) is 85.6. The van der Waals surface area contributed by atoms with E-state index in [0.29, 0.717) is 16.7 Å². The van der Waals surface area contributed by atoms with E-state index >= 15 is 0 Å². The fraction of sp³-hybridized carbons (Fsp3) is 0. The smallest absolute Gasteiger partial charge is 0.345 e. The number of hydrogen-bond donors (Lipinski definition) is 2. The highest BCUT2D eigenvalue weighted by Gasteiger charge is 2.18. The van der Waals surface area contributed by atoms with Gasteiger partial charge in [-0.3, -0.25) is 9.59 Å². The summed E-state index contributed by atoms with van der Waals surface area (Å²) >= 11 is 0. The highest BCUT2D eigenvalue weighted by atomic mass is 16.6. The number of hydrogen-bond acceptors (Lipinski definition) is 12. The summed E-state index contributed by atoms with van der Waals surface area (Å²) in [5.74, 6) is -3.66. The van der Waals surface area contributed by atoms with E-state index in [0.717, 1.165) is 0 Å². The average molecular weight is 799 g/mol. The Labute approximate surface area is 341 Å². The Morgan fingerprint density at radius 3 is 0.950 bits per heavy atom. The lowest BCUT2D eigenvalue weighted by Crippen LogP contribution is -2.18. The van der Waals surface area contributed by atoms with Gasteiger partial charge in [0.25, 0.3) is 11.8 Å². The van der Waals surface area contributed by atoms with E-state index in [1.54, 1.807) is 91.0 Å². The molecule has 0 radical (unpaired) electrons. The Kier molecular flexibility index (Phi) is 12.1. The number of carbonyl (C=O) groups is 6. The maximum atomic E-state index is 13.3. The maximum absolute atomic E-state index is 13.3. The van der Waals surface area contributed by atoms with Crippen molar-refractivity contribution in [3.63, 3.8) is 0 Å². The van der Waals surface area contributed by atoms with Crippen LogP contribution in [0.1, 0.15) is 62.1 Å². The Morgan fingerprint density at radius 1 is 0.333 bits per heavy atom.